The van der Waals surface area contributed by atoms with Crippen LogP contribution in [0.4, 0.5) is 5.69 Å². The van der Waals surface area contributed by atoms with E-state index < -0.39 is 5.91 Å². The predicted molar refractivity (Wildman–Crippen MR) is 102 cm³/mol. The Kier molecular flexibility index (Phi) is 5.05. The molecule has 1 fully saturated rings. The van der Waals surface area contributed by atoms with E-state index >= 15 is 0 Å². The minimum absolute atomic E-state index is 0.279. The minimum atomic E-state index is -0.858. The number of fused-ring (bicyclic) bond motifs is 1. The van der Waals surface area contributed by atoms with E-state index in [9.17, 15) is 9.59 Å². The predicted octanol–water partition coefficient (Wildman–Crippen LogP) is 3.00. The highest BCUT2D eigenvalue weighted by atomic mass is 16.5. The molecule has 150 valence electrons. The molecule has 1 aliphatic carbocycles. The monoisotopic (exact) mass is 397 g/mol. The molecule has 9 heteroatoms. The number of aromatic nitrogens is 1. The molecule has 0 radical (unpaired) electrons. The number of hydroxylamine groups is 1. The van der Waals surface area contributed by atoms with Gasteiger partial charge in [0, 0.05) is 11.3 Å². The Bertz CT molecular complexity index is 1070. The van der Waals surface area contributed by atoms with Gasteiger partial charge in [0.2, 0.25) is 0 Å². The lowest BCUT2D eigenvalue weighted by Gasteiger charge is -2.12. The summed E-state index contributed by atoms with van der Waals surface area (Å²) in [6.45, 7) is 0.605. The van der Waals surface area contributed by atoms with Gasteiger partial charge in [-0.05, 0) is 55.2 Å². The first kappa shape index (κ1) is 18.8. The number of rotatable bonds is 7. The minimum Gasteiger partial charge on any atom is -0.493 e. The molecule has 1 saturated carbocycles. The number of carbonyl (C=O) groups is 2. The van der Waals surface area contributed by atoms with Crippen molar-refractivity contribution in [3.63, 3.8) is 0 Å². The summed E-state index contributed by atoms with van der Waals surface area (Å²) in [5.41, 5.74) is 3.06. The van der Waals surface area contributed by atoms with Crippen LogP contribution in [0.2, 0.25) is 0 Å². The van der Waals surface area contributed by atoms with Crippen LogP contribution in [0.5, 0.6) is 11.5 Å². The Hall–Kier alpha value is -3.59. The average molecular weight is 397 g/mol. The van der Waals surface area contributed by atoms with E-state index in [1.54, 1.807) is 43.5 Å². The van der Waals surface area contributed by atoms with E-state index in [1.165, 1.54) is 5.48 Å². The maximum Gasteiger partial charge on any atom is 0.330 e. The highest BCUT2D eigenvalue weighted by Crippen LogP contribution is 2.33. The first-order chi connectivity index (χ1) is 14.1. The summed E-state index contributed by atoms with van der Waals surface area (Å²) in [6.07, 6.45) is 2.32. The molecule has 2 amide bonds. The van der Waals surface area contributed by atoms with E-state index in [2.05, 4.69) is 10.3 Å². The van der Waals surface area contributed by atoms with Gasteiger partial charge in [0.25, 0.3) is 11.8 Å². The molecule has 1 aromatic heterocycles. The van der Waals surface area contributed by atoms with Gasteiger partial charge < -0.3 is 19.2 Å². The van der Waals surface area contributed by atoms with Gasteiger partial charge in [-0.3, -0.25) is 14.8 Å². The fourth-order valence-corrected chi connectivity index (χ4v) is 2.78. The fraction of sp³-hybridized carbons (Fsp3) is 0.250. The summed E-state index contributed by atoms with van der Waals surface area (Å²) < 4.78 is 16.3. The van der Waals surface area contributed by atoms with Gasteiger partial charge >= 0.3 is 5.91 Å². The molecular formula is C20H19N3O6. The van der Waals surface area contributed by atoms with E-state index in [0.717, 1.165) is 12.8 Å². The van der Waals surface area contributed by atoms with Crippen LogP contribution in [0, 0.1) is 5.92 Å². The van der Waals surface area contributed by atoms with Crippen molar-refractivity contribution >= 4 is 28.6 Å². The van der Waals surface area contributed by atoms with Gasteiger partial charge in [-0.2, -0.15) is 0 Å². The number of anilines is 1. The van der Waals surface area contributed by atoms with Crippen molar-refractivity contribution in [1.82, 2.24) is 10.5 Å². The van der Waals surface area contributed by atoms with Crippen LogP contribution in [-0.2, 0) is 0 Å². The second-order valence-corrected chi connectivity index (χ2v) is 6.72. The lowest BCUT2D eigenvalue weighted by molar-refractivity contribution is 0.0671. The Morgan fingerprint density at radius 1 is 1.17 bits per heavy atom. The second-order valence-electron chi connectivity index (χ2n) is 6.72. The summed E-state index contributed by atoms with van der Waals surface area (Å²) in [4.78, 5) is 28.0. The van der Waals surface area contributed by atoms with Crippen LogP contribution >= 0.6 is 0 Å². The maximum atomic E-state index is 12.7. The van der Waals surface area contributed by atoms with Gasteiger partial charge in [0.1, 0.15) is 5.52 Å². The molecule has 0 spiro atoms. The van der Waals surface area contributed by atoms with Crippen LogP contribution in [0.3, 0.4) is 0 Å². The molecule has 0 atom stereocenters. The Labute approximate surface area is 165 Å². The van der Waals surface area contributed by atoms with Crippen molar-refractivity contribution in [3.8, 4) is 11.5 Å². The lowest BCUT2D eigenvalue weighted by Crippen LogP contribution is -2.18. The summed E-state index contributed by atoms with van der Waals surface area (Å²) in [5.74, 6) is 0.200. The van der Waals surface area contributed by atoms with E-state index in [0.29, 0.717) is 46.4 Å². The van der Waals surface area contributed by atoms with Crippen LogP contribution in [0.25, 0.3) is 11.1 Å². The number of amides is 2. The molecule has 9 nitrogen and oxygen atoms in total. The number of nitrogens with one attached hydrogen (secondary N) is 2. The van der Waals surface area contributed by atoms with Crippen molar-refractivity contribution in [3.05, 3.63) is 47.9 Å². The third-order valence-electron chi connectivity index (χ3n) is 4.54. The summed E-state index contributed by atoms with van der Waals surface area (Å²) >= 11 is 0. The van der Waals surface area contributed by atoms with Crippen LogP contribution in [0.1, 0.15) is 33.9 Å². The summed E-state index contributed by atoms with van der Waals surface area (Å²) in [5, 5.41) is 11.4. The van der Waals surface area contributed by atoms with Gasteiger partial charge in [-0.25, -0.2) is 10.5 Å². The van der Waals surface area contributed by atoms with Gasteiger partial charge in [-0.1, -0.05) is 0 Å². The zero-order chi connectivity index (χ0) is 20.4. The largest absolute Gasteiger partial charge is 0.493 e. The highest BCUT2D eigenvalue weighted by Gasteiger charge is 2.23. The van der Waals surface area contributed by atoms with E-state index in [-0.39, 0.29) is 11.8 Å². The first-order valence-corrected chi connectivity index (χ1v) is 9.04. The Balaban J connectivity index is 1.52. The molecule has 2 aromatic carbocycles. The molecule has 4 rings (SSSR count). The van der Waals surface area contributed by atoms with E-state index in [4.69, 9.17) is 19.1 Å². The number of oxazole rings is 1. The van der Waals surface area contributed by atoms with Crippen LogP contribution < -0.4 is 20.3 Å². The molecule has 3 aromatic rings. The molecule has 1 heterocycles. The second kappa shape index (κ2) is 7.80. The summed E-state index contributed by atoms with van der Waals surface area (Å²) in [7, 11) is 1.55. The number of hydrogen-bond donors (Lipinski definition) is 3. The smallest absolute Gasteiger partial charge is 0.330 e. The third-order valence-corrected chi connectivity index (χ3v) is 4.54. The molecule has 0 aliphatic heterocycles. The lowest BCUT2D eigenvalue weighted by atomic mass is 10.1. The average Bonchev–Trinajstić information content (AvgIpc) is 3.48. The highest BCUT2D eigenvalue weighted by molar-refractivity contribution is 6.05. The quantitative estimate of drug-likeness (QED) is 0.414. The first-order valence-electron chi connectivity index (χ1n) is 9.04. The van der Waals surface area contributed by atoms with Crippen LogP contribution in [-0.4, -0.2) is 35.7 Å². The topological polar surface area (TPSA) is 123 Å². The fourth-order valence-electron chi connectivity index (χ4n) is 2.78. The van der Waals surface area contributed by atoms with Gasteiger partial charge in [0.15, 0.2) is 17.1 Å². The SMILES string of the molecule is COc1ccc(C(=O)Nc2ccc3oc(C(=O)NO)nc3c2)cc1OCC1CC1. The van der Waals surface area contributed by atoms with Gasteiger partial charge in [0.05, 0.1) is 13.7 Å². The molecular weight excluding hydrogens is 378 g/mol. The normalized spacial score (nSPS) is 13.2. The van der Waals surface area contributed by atoms with Crippen molar-refractivity contribution in [2.75, 3.05) is 19.0 Å². The number of nitrogens with zero attached hydrogens (tertiary/aromatic N) is 1. The zero-order valence-electron chi connectivity index (χ0n) is 15.6. The molecule has 29 heavy (non-hydrogen) atoms. The Morgan fingerprint density at radius 2 is 2.00 bits per heavy atom. The standard InChI is InChI=1S/C20H19N3O6/c1-27-16-6-4-12(8-17(16)28-10-11-2-3-11)18(24)21-13-5-7-15-14(9-13)22-20(29-15)19(25)23-26/h4-9,11,26H,2-3,10H2,1H3,(H,21,24)(H,23,25). The summed E-state index contributed by atoms with van der Waals surface area (Å²) in [6, 6.07) is 9.76. The van der Waals surface area contributed by atoms with Gasteiger partial charge in [-0.15, -0.1) is 0 Å². The van der Waals surface area contributed by atoms with Crippen molar-refractivity contribution < 1.29 is 28.7 Å². The molecule has 0 saturated heterocycles. The third kappa shape index (κ3) is 4.14. The van der Waals surface area contributed by atoms with Crippen molar-refractivity contribution in [2.24, 2.45) is 5.92 Å². The van der Waals surface area contributed by atoms with Crippen LogP contribution in [0.15, 0.2) is 40.8 Å². The van der Waals surface area contributed by atoms with Crippen molar-refractivity contribution in [2.45, 2.75) is 12.8 Å². The van der Waals surface area contributed by atoms with Crippen molar-refractivity contribution in [1.29, 1.82) is 0 Å². The molecule has 0 bridgehead atoms. The molecule has 0 unspecified atom stereocenters. The number of carbonyl (C=O) groups excluding carboxylic acids is 2. The molecule has 3 N–H and O–H groups in total. The number of methoxy groups -OCH3 is 1. The molecule has 1 aliphatic rings. The maximum absolute atomic E-state index is 12.7. The zero-order valence-corrected chi connectivity index (χ0v) is 15.6. The van der Waals surface area contributed by atoms with E-state index in [1.807, 2.05) is 0 Å². The number of hydrogen-bond acceptors (Lipinski definition) is 7. The Morgan fingerprint density at radius 3 is 2.72 bits per heavy atom. The number of ether oxygens (including phenoxy) is 2. The number of benzene rings is 2.